The Hall–Kier alpha value is -2.98. The zero-order valence-corrected chi connectivity index (χ0v) is 15.4. The summed E-state index contributed by atoms with van der Waals surface area (Å²) in [7, 11) is 0. The van der Waals surface area contributed by atoms with Gasteiger partial charge in [-0.05, 0) is 29.3 Å². The topological polar surface area (TPSA) is 40.5 Å². The number of H-pyrrole nitrogens is 1. The standard InChI is InChI=1S/C22H14BrN3/c23-15-9-10-21-20(11-15)14(12-24-21)13-25-26-22-18-7-3-1-5-16(18)17-6-2-4-8-19(17)22/h1-13,24H. The van der Waals surface area contributed by atoms with E-state index in [2.05, 4.69) is 73.6 Å². The molecule has 1 aromatic heterocycles. The molecule has 4 aromatic rings. The zero-order chi connectivity index (χ0) is 17.5. The predicted molar refractivity (Wildman–Crippen MR) is 111 cm³/mol. The third-order valence-corrected chi connectivity index (χ3v) is 5.18. The molecule has 0 fully saturated rings. The molecule has 0 bridgehead atoms. The van der Waals surface area contributed by atoms with Crippen LogP contribution in [0.5, 0.6) is 0 Å². The highest BCUT2D eigenvalue weighted by Crippen LogP contribution is 2.36. The lowest BCUT2D eigenvalue weighted by Gasteiger charge is -1.98. The quantitative estimate of drug-likeness (QED) is 0.288. The minimum Gasteiger partial charge on any atom is -0.361 e. The fourth-order valence-corrected chi connectivity index (χ4v) is 3.83. The molecule has 0 amide bonds. The van der Waals surface area contributed by atoms with E-state index in [0.717, 1.165) is 37.8 Å². The van der Waals surface area contributed by atoms with E-state index in [4.69, 9.17) is 0 Å². The monoisotopic (exact) mass is 399 g/mol. The lowest BCUT2D eigenvalue weighted by Crippen LogP contribution is -1.97. The summed E-state index contributed by atoms with van der Waals surface area (Å²) in [5.41, 5.74) is 7.72. The smallest absolute Gasteiger partial charge is 0.101 e. The number of hydrogen-bond acceptors (Lipinski definition) is 2. The maximum atomic E-state index is 4.57. The largest absolute Gasteiger partial charge is 0.361 e. The van der Waals surface area contributed by atoms with Gasteiger partial charge in [0.1, 0.15) is 5.71 Å². The van der Waals surface area contributed by atoms with Crippen LogP contribution in [0.2, 0.25) is 0 Å². The first-order valence-electron chi connectivity index (χ1n) is 8.38. The molecule has 1 aliphatic rings. The molecular weight excluding hydrogens is 386 g/mol. The minimum atomic E-state index is 0.925. The Kier molecular flexibility index (Phi) is 3.57. The van der Waals surface area contributed by atoms with Crippen molar-refractivity contribution in [3.05, 3.63) is 94.1 Å². The van der Waals surface area contributed by atoms with Crippen molar-refractivity contribution in [2.75, 3.05) is 0 Å². The Morgan fingerprint density at radius 3 is 2.15 bits per heavy atom. The summed E-state index contributed by atoms with van der Waals surface area (Å²) in [5, 5.41) is 10.1. The zero-order valence-electron chi connectivity index (χ0n) is 13.8. The number of nitrogens with one attached hydrogen (secondary N) is 1. The van der Waals surface area contributed by atoms with E-state index >= 15 is 0 Å². The van der Waals surface area contributed by atoms with Gasteiger partial charge in [-0.3, -0.25) is 0 Å². The van der Waals surface area contributed by atoms with E-state index in [1.54, 1.807) is 0 Å². The summed E-state index contributed by atoms with van der Waals surface area (Å²) in [6.45, 7) is 0. The molecule has 3 aromatic carbocycles. The molecule has 1 aliphatic carbocycles. The molecule has 1 heterocycles. The molecular formula is C22H14BrN3. The number of halogens is 1. The molecule has 0 spiro atoms. The van der Waals surface area contributed by atoms with Crippen molar-refractivity contribution in [1.82, 2.24) is 4.98 Å². The molecule has 1 N–H and O–H groups in total. The van der Waals surface area contributed by atoms with Crippen LogP contribution in [0.15, 0.2) is 87.6 Å². The van der Waals surface area contributed by atoms with Gasteiger partial charge in [-0.15, -0.1) is 5.10 Å². The normalized spacial score (nSPS) is 12.6. The lowest BCUT2D eigenvalue weighted by molar-refractivity contribution is 1.25. The number of fused-ring (bicyclic) bond motifs is 4. The third kappa shape index (κ3) is 2.42. The Bertz CT molecular complexity index is 1150. The van der Waals surface area contributed by atoms with Gasteiger partial charge in [0, 0.05) is 38.3 Å². The van der Waals surface area contributed by atoms with E-state index in [1.165, 1.54) is 11.1 Å². The van der Waals surface area contributed by atoms with Crippen molar-refractivity contribution in [3.63, 3.8) is 0 Å². The lowest BCUT2D eigenvalue weighted by atomic mass is 10.1. The molecule has 0 aliphatic heterocycles. The van der Waals surface area contributed by atoms with Crippen LogP contribution in [-0.2, 0) is 0 Å². The SMILES string of the molecule is Brc1ccc2[nH]cc(C=NN=C3c4ccccc4-c4ccccc43)c2c1. The summed E-state index contributed by atoms with van der Waals surface area (Å²) < 4.78 is 1.05. The van der Waals surface area contributed by atoms with Crippen molar-refractivity contribution in [2.45, 2.75) is 0 Å². The number of benzene rings is 3. The molecule has 5 rings (SSSR count). The van der Waals surface area contributed by atoms with E-state index in [9.17, 15) is 0 Å². The fourth-order valence-electron chi connectivity index (χ4n) is 3.47. The maximum Gasteiger partial charge on any atom is 0.101 e. The van der Waals surface area contributed by atoms with Gasteiger partial charge in [0.15, 0.2) is 0 Å². The van der Waals surface area contributed by atoms with Gasteiger partial charge >= 0.3 is 0 Å². The maximum absolute atomic E-state index is 4.57. The fraction of sp³-hybridized carbons (Fsp3) is 0. The van der Waals surface area contributed by atoms with Crippen LogP contribution < -0.4 is 0 Å². The van der Waals surface area contributed by atoms with E-state index in [-0.39, 0.29) is 0 Å². The first kappa shape index (κ1) is 15.3. The van der Waals surface area contributed by atoms with E-state index < -0.39 is 0 Å². The highest BCUT2D eigenvalue weighted by Gasteiger charge is 2.23. The van der Waals surface area contributed by atoms with Gasteiger partial charge in [0.2, 0.25) is 0 Å². The molecule has 0 radical (unpaired) electrons. The van der Waals surface area contributed by atoms with Gasteiger partial charge in [0.05, 0.1) is 6.21 Å². The minimum absolute atomic E-state index is 0.925. The molecule has 3 nitrogen and oxygen atoms in total. The number of hydrogen-bond donors (Lipinski definition) is 1. The van der Waals surface area contributed by atoms with E-state index in [0.29, 0.717) is 0 Å². The molecule has 0 atom stereocenters. The predicted octanol–water partition coefficient (Wildman–Crippen LogP) is 5.78. The molecule has 0 unspecified atom stereocenters. The summed E-state index contributed by atoms with van der Waals surface area (Å²) in [6.07, 6.45) is 3.76. The van der Waals surface area contributed by atoms with Crippen molar-refractivity contribution in [3.8, 4) is 11.1 Å². The van der Waals surface area contributed by atoms with Gasteiger partial charge in [-0.2, -0.15) is 5.10 Å². The first-order valence-corrected chi connectivity index (χ1v) is 9.17. The van der Waals surface area contributed by atoms with E-state index in [1.807, 2.05) is 36.7 Å². The molecule has 124 valence electrons. The average molecular weight is 400 g/mol. The number of nitrogens with zero attached hydrogens (tertiary/aromatic N) is 2. The van der Waals surface area contributed by atoms with Crippen molar-refractivity contribution in [1.29, 1.82) is 0 Å². The van der Waals surface area contributed by atoms with Crippen molar-refractivity contribution in [2.24, 2.45) is 10.2 Å². The molecule has 26 heavy (non-hydrogen) atoms. The van der Waals surface area contributed by atoms with Crippen LogP contribution in [0.3, 0.4) is 0 Å². The second kappa shape index (κ2) is 6.07. The van der Waals surface area contributed by atoms with Crippen molar-refractivity contribution >= 4 is 38.8 Å². The summed E-state index contributed by atoms with van der Waals surface area (Å²) in [6, 6.07) is 22.8. The van der Waals surface area contributed by atoms with Crippen LogP contribution >= 0.6 is 15.9 Å². The number of aromatic amines is 1. The Morgan fingerprint density at radius 2 is 1.46 bits per heavy atom. The Labute approximate surface area is 159 Å². The van der Waals surface area contributed by atoms with Crippen molar-refractivity contribution < 1.29 is 0 Å². The van der Waals surface area contributed by atoms with Crippen LogP contribution in [0.4, 0.5) is 0 Å². The molecule has 4 heteroatoms. The third-order valence-electron chi connectivity index (χ3n) is 4.68. The molecule has 0 saturated heterocycles. The average Bonchev–Trinajstić information content (AvgIpc) is 3.21. The van der Waals surface area contributed by atoms with Gasteiger partial charge in [0.25, 0.3) is 0 Å². The summed E-state index contributed by atoms with van der Waals surface area (Å²) in [4.78, 5) is 3.26. The van der Waals surface area contributed by atoms with Gasteiger partial charge in [-0.25, -0.2) is 0 Å². The molecule has 0 saturated carbocycles. The van der Waals surface area contributed by atoms with Crippen LogP contribution in [0.25, 0.3) is 22.0 Å². The van der Waals surface area contributed by atoms with Gasteiger partial charge < -0.3 is 4.98 Å². The summed E-state index contributed by atoms with van der Waals surface area (Å²) >= 11 is 3.52. The first-order chi connectivity index (χ1) is 12.8. The van der Waals surface area contributed by atoms with Crippen LogP contribution in [0.1, 0.15) is 16.7 Å². The summed E-state index contributed by atoms with van der Waals surface area (Å²) in [5.74, 6) is 0. The highest BCUT2D eigenvalue weighted by atomic mass is 79.9. The number of rotatable bonds is 2. The second-order valence-electron chi connectivity index (χ2n) is 6.22. The van der Waals surface area contributed by atoms with Crippen LogP contribution in [0, 0.1) is 0 Å². The highest BCUT2D eigenvalue weighted by molar-refractivity contribution is 9.10. The second-order valence-corrected chi connectivity index (χ2v) is 7.13. The number of aromatic nitrogens is 1. The Morgan fingerprint density at radius 1 is 0.808 bits per heavy atom. The Balaban J connectivity index is 1.58. The van der Waals surface area contributed by atoms with Gasteiger partial charge in [-0.1, -0.05) is 64.5 Å². The van der Waals surface area contributed by atoms with Crippen LogP contribution in [-0.4, -0.2) is 16.9 Å².